The first kappa shape index (κ1) is 11.9. The zero-order chi connectivity index (χ0) is 13.0. The van der Waals surface area contributed by atoms with E-state index in [1.807, 2.05) is 25.4 Å². The monoisotopic (exact) mass is 240 g/mol. The highest BCUT2D eigenvalue weighted by Gasteiger charge is 2.03. The van der Waals surface area contributed by atoms with Gasteiger partial charge < -0.3 is 5.32 Å². The van der Waals surface area contributed by atoms with Gasteiger partial charge in [-0.25, -0.2) is 0 Å². The summed E-state index contributed by atoms with van der Waals surface area (Å²) in [5.41, 5.74) is 2.73. The number of nitrogens with zero attached hydrogens (tertiary/aromatic N) is 3. The minimum absolute atomic E-state index is 0.135. The third-order valence-electron chi connectivity index (χ3n) is 2.45. The summed E-state index contributed by atoms with van der Waals surface area (Å²) in [7, 11) is 1.86. The quantitative estimate of drug-likeness (QED) is 0.891. The first-order chi connectivity index (χ1) is 8.69. The molecule has 2 aromatic rings. The number of hydrogen-bond donors (Lipinski definition) is 1. The van der Waals surface area contributed by atoms with Gasteiger partial charge in [0.1, 0.15) is 6.42 Å². The third-order valence-corrected chi connectivity index (χ3v) is 2.45. The molecular weight excluding hydrogens is 228 g/mol. The lowest BCUT2D eigenvalue weighted by atomic mass is 10.1. The zero-order valence-electron chi connectivity index (χ0n) is 9.92. The summed E-state index contributed by atoms with van der Waals surface area (Å²) in [6.07, 6.45) is 3.57. The number of carbonyl (C=O) groups is 1. The lowest BCUT2D eigenvalue weighted by Gasteiger charge is -2.03. The van der Waals surface area contributed by atoms with Gasteiger partial charge in [-0.3, -0.25) is 9.48 Å². The van der Waals surface area contributed by atoms with Crippen LogP contribution in [0.1, 0.15) is 6.42 Å². The molecule has 0 aliphatic carbocycles. The third kappa shape index (κ3) is 2.74. The van der Waals surface area contributed by atoms with E-state index >= 15 is 0 Å². The molecule has 2 rings (SSSR count). The van der Waals surface area contributed by atoms with Crippen molar-refractivity contribution >= 4 is 11.6 Å². The highest BCUT2D eigenvalue weighted by atomic mass is 16.1. The van der Waals surface area contributed by atoms with E-state index in [-0.39, 0.29) is 12.3 Å². The molecule has 0 fully saturated rings. The van der Waals surface area contributed by atoms with Crippen LogP contribution < -0.4 is 5.32 Å². The Kier molecular flexibility index (Phi) is 3.39. The van der Waals surface area contributed by atoms with Crippen LogP contribution in [0.2, 0.25) is 0 Å². The second kappa shape index (κ2) is 5.15. The molecule has 1 N–H and O–H groups in total. The van der Waals surface area contributed by atoms with Gasteiger partial charge in [0, 0.05) is 24.5 Å². The predicted molar refractivity (Wildman–Crippen MR) is 67.5 cm³/mol. The number of carbonyl (C=O) groups excluding carboxylic acids is 1. The highest BCUT2D eigenvalue weighted by Crippen LogP contribution is 2.20. The van der Waals surface area contributed by atoms with E-state index in [0.29, 0.717) is 5.69 Å². The maximum atomic E-state index is 11.2. The van der Waals surface area contributed by atoms with Gasteiger partial charge in [-0.15, -0.1) is 0 Å². The molecule has 5 nitrogen and oxygen atoms in total. The van der Waals surface area contributed by atoms with Crippen molar-refractivity contribution in [1.82, 2.24) is 9.78 Å². The lowest BCUT2D eigenvalue weighted by molar-refractivity contribution is -0.115. The molecule has 0 bridgehead atoms. The summed E-state index contributed by atoms with van der Waals surface area (Å²) >= 11 is 0. The Labute approximate surface area is 105 Å². The van der Waals surface area contributed by atoms with Gasteiger partial charge in [-0.1, -0.05) is 12.1 Å². The normalized spacial score (nSPS) is 9.78. The smallest absolute Gasteiger partial charge is 0.238 e. The molecule has 1 aromatic heterocycles. The van der Waals surface area contributed by atoms with Gasteiger partial charge >= 0.3 is 0 Å². The zero-order valence-corrected chi connectivity index (χ0v) is 9.92. The summed E-state index contributed by atoms with van der Waals surface area (Å²) < 4.78 is 1.73. The fourth-order valence-corrected chi connectivity index (χ4v) is 1.59. The highest BCUT2D eigenvalue weighted by molar-refractivity contribution is 5.92. The molecule has 5 heteroatoms. The Hall–Kier alpha value is -2.61. The minimum Gasteiger partial charge on any atom is -0.325 e. The molecular formula is C13H12N4O. The van der Waals surface area contributed by atoms with Crippen molar-refractivity contribution in [3.05, 3.63) is 36.7 Å². The predicted octanol–water partition coefficient (Wildman–Crippen LogP) is 1.94. The molecule has 0 unspecified atom stereocenters. The molecule has 0 aliphatic heterocycles. The second-order valence-electron chi connectivity index (χ2n) is 3.86. The van der Waals surface area contributed by atoms with Crippen LogP contribution in [0.25, 0.3) is 11.1 Å². The van der Waals surface area contributed by atoms with Crippen LogP contribution in [0.3, 0.4) is 0 Å². The molecule has 0 radical (unpaired) electrons. The maximum Gasteiger partial charge on any atom is 0.238 e. The molecule has 1 heterocycles. The Balaban J connectivity index is 2.11. The van der Waals surface area contributed by atoms with Crippen LogP contribution in [-0.4, -0.2) is 15.7 Å². The van der Waals surface area contributed by atoms with Crippen molar-refractivity contribution in [3.63, 3.8) is 0 Å². The molecule has 1 amide bonds. The molecule has 18 heavy (non-hydrogen) atoms. The summed E-state index contributed by atoms with van der Waals surface area (Å²) in [5, 5.41) is 15.1. The molecule has 0 aliphatic rings. The van der Waals surface area contributed by atoms with E-state index in [1.54, 1.807) is 29.1 Å². The fourth-order valence-electron chi connectivity index (χ4n) is 1.59. The Morgan fingerprint density at radius 1 is 1.39 bits per heavy atom. The van der Waals surface area contributed by atoms with E-state index in [1.165, 1.54) is 0 Å². The van der Waals surface area contributed by atoms with Gasteiger partial charge in [-0.2, -0.15) is 10.4 Å². The number of aryl methyl sites for hydroxylation is 1. The van der Waals surface area contributed by atoms with Gasteiger partial charge in [0.05, 0.1) is 12.3 Å². The molecule has 1 aromatic carbocycles. The topological polar surface area (TPSA) is 70.7 Å². The minimum atomic E-state index is -0.299. The van der Waals surface area contributed by atoms with E-state index in [4.69, 9.17) is 5.26 Å². The number of benzene rings is 1. The standard InChI is InChI=1S/C13H12N4O/c1-17-9-11(8-15-17)10-2-4-12(5-3-10)16-13(18)6-7-14/h2-5,8-9H,6H2,1H3,(H,16,18). The number of anilines is 1. The molecule has 0 saturated heterocycles. The van der Waals surface area contributed by atoms with Crippen molar-refractivity contribution in [1.29, 1.82) is 5.26 Å². The van der Waals surface area contributed by atoms with Crippen molar-refractivity contribution in [3.8, 4) is 17.2 Å². The van der Waals surface area contributed by atoms with Crippen molar-refractivity contribution in [2.75, 3.05) is 5.32 Å². The van der Waals surface area contributed by atoms with Gasteiger partial charge in [0.2, 0.25) is 5.91 Å². The van der Waals surface area contributed by atoms with Crippen molar-refractivity contribution in [2.24, 2.45) is 7.05 Å². The Morgan fingerprint density at radius 3 is 2.67 bits per heavy atom. The summed E-state index contributed by atoms with van der Waals surface area (Å²) in [5.74, 6) is -0.299. The van der Waals surface area contributed by atoms with Crippen LogP contribution >= 0.6 is 0 Å². The van der Waals surface area contributed by atoms with E-state index in [2.05, 4.69) is 10.4 Å². The average molecular weight is 240 g/mol. The molecule has 0 saturated carbocycles. The van der Waals surface area contributed by atoms with Crippen molar-refractivity contribution < 1.29 is 4.79 Å². The number of hydrogen-bond acceptors (Lipinski definition) is 3. The number of nitrogens with one attached hydrogen (secondary N) is 1. The number of aromatic nitrogens is 2. The van der Waals surface area contributed by atoms with Crippen LogP contribution in [0.15, 0.2) is 36.7 Å². The van der Waals surface area contributed by atoms with E-state index < -0.39 is 0 Å². The SMILES string of the molecule is Cn1cc(-c2ccc(NC(=O)CC#N)cc2)cn1. The second-order valence-corrected chi connectivity index (χ2v) is 3.86. The fraction of sp³-hybridized carbons (Fsp3) is 0.154. The van der Waals surface area contributed by atoms with Crippen LogP contribution in [0, 0.1) is 11.3 Å². The molecule has 90 valence electrons. The van der Waals surface area contributed by atoms with Crippen LogP contribution in [-0.2, 0) is 11.8 Å². The van der Waals surface area contributed by atoms with E-state index in [9.17, 15) is 4.79 Å². The first-order valence-electron chi connectivity index (χ1n) is 5.45. The number of nitriles is 1. The first-order valence-corrected chi connectivity index (χ1v) is 5.45. The Bertz CT molecular complexity index is 592. The average Bonchev–Trinajstić information content (AvgIpc) is 2.77. The van der Waals surface area contributed by atoms with Crippen LogP contribution in [0.5, 0.6) is 0 Å². The summed E-state index contributed by atoms with van der Waals surface area (Å²) in [6.45, 7) is 0. The summed E-state index contributed by atoms with van der Waals surface area (Å²) in [6, 6.07) is 9.21. The Morgan fingerprint density at radius 2 is 2.11 bits per heavy atom. The van der Waals surface area contributed by atoms with Crippen molar-refractivity contribution in [2.45, 2.75) is 6.42 Å². The number of rotatable bonds is 3. The maximum absolute atomic E-state index is 11.2. The molecule has 0 atom stereocenters. The largest absolute Gasteiger partial charge is 0.325 e. The van der Waals surface area contributed by atoms with E-state index in [0.717, 1.165) is 11.1 Å². The van der Waals surface area contributed by atoms with Gasteiger partial charge in [0.15, 0.2) is 0 Å². The van der Waals surface area contributed by atoms with Gasteiger partial charge in [-0.05, 0) is 17.7 Å². The number of amides is 1. The molecule has 0 spiro atoms. The lowest BCUT2D eigenvalue weighted by Crippen LogP contribution is -2.09. The van der Waals surface area contributed by atoms with Gasteiger partial charge in [0.25, 0.3) is 0 Å². The summed E-state index contributed by atoms with van der Waals surface area (Å²) in [4.78, 5) is 11.2. The van der Waals surface area contributed by atoms with Crippen LogP contribution in [0.4, 0.5) is 5.69 Å².